The van der Waals surface area contributed by atoms with Gasteiger partial charge in [-0.3, -0.25) is 4.79 Å². The number of aliphatic hydroxyl groups excluding tert-OH is 1. The molecule has 0 aromatic carbocycles. The first-order valence-corrected chi connectivity index (χ1v) is 11.4. The summed E-state index contributed by atoms with van der Waals surface area (Å²) in [6.07, 6.45) is 10.6. The van der Waals surface area contributed by atoms with Gasteiger partial charge in [-0.05, 0) is 18.8 Å². The summed E-state index contributed by atoms with van der Waals surface area (Å²) >= 11 is 2.78. The van der Waals surface area contributed by atoms with E-state index in [-0.39, 0.29) is 17.6 Å². The van der Waals surface area contributed by atoms with Gasteiger partial charge in [0.25, 0.3) is 0 Å². The molecule has 0 bridgehead atoms. The number of amides is 1. The van der Waals surface area contributed by atoms with Crippen LogP contribution in [0.3, 0.4) is 0 Å². The lowest BCUT2D eigenvalue weighted by molar-refractivity contribution is -0.128. The molecule has 0 radical (unpaired) electrons. The maximum atomic E-state index is 12.2. The van der Waals surface area contributed by atoms with Gasteiger partial charge in [0, 0.05) is 24.1 Å². The van der Waals surface area contributed by atoms with Gasteiger partial charge in [0.2, 0.25) is 5.91 Å². The number of likely N-dealkylation sites (tertiary alicyclic amines) is 1. The summed E-state index contributed by atoms with van der Waals surface area (Å²) in [6, 6.07) is 0.0437. The monoisotopic (exact) mass is 410 g/mol. The Morgan fingerprint density at radius 2 is 2.19 bits per heavy atom. The van der Waals surface area contributed by atoms with Crippen molar-refractivity contribution < 1.29 is 19.8 Å². The quantitative estimate of drug-likeness (QED) is 0.479. The van der Waals surface area contributed by atoms with Crippen molar-refractivity contribution in [3.63, 3.8) is 0 Å². The van der Waals surface area contributed by atoms with Crippen LogP contribution in [0, 0.1) is 5.92 Å². The minimum atomic E-state index is -1.02. The molecule has 1 saturated carbocycles. The van der Waals surface area contributed by atoms with Gasteiger partial charge in [0.05, 0.1) is 12.1 Å². The van der Waals surface area contributed by atoms with Crippen molar-refractivity contribution >= 4 is 35.0 Å². The molecule has 2 heterocycles. The number of aromatic carboxylic acids is 1. The lowest BCUT2D eigenvalue weighted by Gasteiger charge is -2.22. The molecule has 1 aliphatic heterocycles. The number of thiazole rings is 1. The molecule has 2 fully saturated rings. The highest BCUT2D eigenvalue weighted by Crippen LogP contribution is 2.29. The number of hydrogen-bond acceptors (Lipinski definition) is 6. The molecule has 8 heteroatoms. The van der Waals surface area contributed by atoms with E-state index in [1.54, 1.807) is 0 Å². The minimum Gasteiger partial charge on any atom is -0.476 e. The second-order valence-electron chi connectivity index (χ2n) is 7.18. The predicted molar refractivity (Wildman–Crippen MR) is 106 cm³/mol. The smallest absolute Gasteiger partial charge is 0.355 e. The van der Waals surface area contributed by atoms with E-state index in [0.717, 1.165) is 12.8 Å². The van der Waals surface area contributed by atoms with Gasteiger partial charge in [-0.25, -0.2) is 9.78 Å². The lowest BCUT2D eigenvalue weighted by Crippen LogP contribution is -2.33. The van der Waals surface area contributed by atoms with Crippen molar-refractivity contribution in [1.82, 2.24) is 9.88 Å². The molecule has 0 unspecified atom stereocenters. The normalized spacial score (nSPS) is 22.2. The third-order valence-electron chi connectivity index (χ3n) is 5.24. The number of aromatic nitrogens is 1. The summed E-state index contributed by atoms with van der Waals surface area (Å²) < 4.78 is 0.707. The number of carboxylic acid groups (broad SMARTS) is 1. The number of carbonyl (C=O) groups excluding carboxylic acids is 1. The number of carboxylic acids is 1. The number of hydrogen-bond donors (Lipinski definition) is 2. The Hall–Kier alpha value is -1.38. The second-order valence-corrected chi connectivity index (χ2v) is 9.38. The first-order chi connectivity index (χ1) is 13.0. The molecule has 2 atom stereocenters. The molecule has 2 aliphatic rings. The van der Waals surface area contributed by atoms with Gasteiger partial charge >= 0.3 is 5.97 Å². The largest absolute Gasteiger partial charge is 0.476 e. The summed E-state index contributed by atoms with van der Waals surface area (Å²) in [4.78, 5) is 29.0. The summed E-state index contributed by atoms with van der Waals surface area (Å²) in [5, 5.41) is 20.7. The van der Waals surface area contributed by atoms with Crippen molar-refractivity contribution in [3.05, 3.63) is 23.2 Å². The van der Waals surface area contributed by atoms with Gasteiger partial charge in [-0.15, -0.1) is 11.3 Å². The fraction of sp³-hybridized carbons (Fsp3) is 0.632. The van der Waals surface area contributed by atoms with E-state index in [0.29, 0.717) is 29.0 Å². The zero-order chi connectivity index (χ0) is 19.2. The number of aliphatic hydroxyl groups is 1. The van der Waals surface area contributed by atoms with E-state index in [1.165, 1.54) is 54.2 Å². The first kappa shape index (κ1) is 20.4. The van der Waals surface area contributed by atoms with E-state index in [9.17, 15) is 14.7 Å². The van der Waals surface area contributed by atoms with E-state index >= 15 is 0 Å². The maximum absolute atomic E-state index is 12.2. The van der Waals surface area contributed by atoms with Crippen LogP contribution in [0.1, 0.15) is 55.4 Å². The Morgan fingerprint density at radius 1 is 1.41 bits per heavy atom. The molecular weight excluding hydrogens is 384 g/mol. The van der Waals surface area contributed by atoms with Crippen LogP contribution >= 0.6 is 23.1 Å². The highest BCUT2D eigenvalue weighted by Gasteiger charge is 2.29. The van der Waals surface area contributed by atoms with Crippen molar-refractivity contribution in [2.24, 2.45) is 5.92 Å². The average molecular weight is 411 g/mol. The molecule has 1 aromatic rings. The number of rotatable bonds is 9. The van der Waals surface area contributed by atoms with Crippen molar-refractivity contribution in [3.8, 4) is 0 Å². The molecule has 6 nitrogen and oxygen atoms in total. The van der Waals surface area contributed by atoms with Crippen LogP contribution in [-0.2, 0) is 4.79 Å². The molecule has 148 valence electrons. The molecule has 1 amide bonds. The van der Waals surface area contributed by atoms with Crippen LogP contribution in [-0.4, -0.2) is 56.4 Å². The van der Waals surface area contributed by atoms with Crippen LogP contribution in [0.2, 0.25) is 0 Å². The zero-order valence-corrected chi connectivity index (χ0v) is 16.9. The van der Waals surface area contributed by atoms with Crippen LogP contribution in [0.4, 0.5) is 0 Å². The third kappa shape index (κ3) is 5.80. The molecular formula is C19H26N2O4S2. The molecule has 3 rings (SSSR count). The van der Waals surface area contributed by atoms with Crippen LogP contribution in [0.5, 0.6) is 0 Å². The van der Waals surface area contributed by atoms with Gasteiger partial charge in [0.1, 0.15) is 0 Å². The van der Waals surface area contributed by atoms with Crippen molar-refractivity contribution in [2.75, 3.05) is 12.3 Å². The summed E-state index contributed by atoms with van der Waals surface area (Å²) in [5.41, 5.74) is 0.0665. The fourth-order valence-electron chi connectivity index (χ4n) is 3.82. The average Bonchev–Trinajstić information content (AvgIpc) is 3.36. The Labute approximate surface area is 167 Å². The molecule has 1 aromatic heterocycles. The van der Waals surface area contributed by atoms with Crippen LogP contribution < -0.4 is 0 Å². The number of thioether (sulfide) groups is 1. The standard InChI is InChI=1S/C19H26N2O4S2/c22-15(11-13-3-1-2-4-13)7-5-14-6-8-17(23)21(14)9-10-26-19-20-16(12-27-19)18(24)25/h5,7,12-15,22H,1-4,6,8-11H2,(H,24,25)/b7-5+/t14-,15+/m0/s1. The van der Waals surface area contributed by atoms with Gasteiger partial charge < -0.3 is 15.1 Å². The molecule has 2 N–H and O–H groups in total. The molecule has 1 saturated heterocycles. The molecule has 0 spiro atoms. The Morgan fingerprint density at radius 3 is 2.89 bits per heavy atom. The Balaban J connectivity index is 1.46. The van der Waals surface area contributed by atoms with Crippen molar-refractivity contribution in [2.45, 2.75) is 61.4 Å². The number of nitrogens with zero attached hydrogens (tertiary/aromatic N) is 2. The third-order valence-corrected chi connectivity index (χ3v) is 7.24. The summed E-state index contributed by atoms with van der Waals surface area (Å²) in [6.45, 7) is 0.596. The molecule has 27 heavy (non-hydrogen) atoms. The molecule has 1 aliphatic carbocycles. The zero-order valence-electron chi connectivity index (χ0n) is 15.2. The van der Waals surface area contributed by atoms with Crippen LogP contribution in [0.15, 0.2) is 21.9 Å². The van der Waals surface area contributed by atoms with E-state index in [4.69, 9.17) is 5.11 Å². The summed E-state index contributed by atoms with van der Waals surface area (Å²) in [7, 11) is 0. The predicted octanol–water partition coefficient (Wildman–Crippen LogP) is 3.42. The van der Waals surface area contributed by atoms with Gasteiger partial charge in [-0.1, -0.05) is 49.6 Å². The fourth-order valence-corrected chi connectivity index (χ4v) is 5.63. The van der Waals surface area contributed by atoms with E-state index < -0.39 is 12.1 Å². The number of carbonyl (C=O) groups is 2. The van der Waals surface area contributed by atoms with Crippen LogP contribution in [0.25, 0.3) is 0 Å². The van der Waals surface area contributed by atoms with E-state index in [2.05, 4.69) is 4.98 Å². The van der Waals surface area contributed by atoms with Gasteiger partial charge in [-0.2, -0.15) is 0 Å². The highest BCUT2D eigenvalue weighted by molar-refractivity contribution is 8.01. The second kappa shape index (κ2) is 9.71. The maximum Gasteiger partial charge on any atom is 0.355 e. The SMILES string of the molecule is O=C(O)c1csc(SCCN2C(=O)CC[C@@H]2/C=C/[C@@H](O)CC2CCCC2)n1. The topological polar surface area (TPSA) is 90.7 Å². The van der Waals surface area contributed by atoms with Gasteiger partial charge in [0.15, 0.2) is 10.0 Å². The lowest BCUT2D eigenvalue weighted by atomic mass is 9.99. The summed E-state index contributed by atoms with van der Waals surface area (Å²) in [5.74, 6) is 0.430. The first-order valence-electron chi connectivity index (χ1n) is 9.50. The van der Waals surface area contributed by atoms with E-state index in [1.807, 2.05) is 17.1 Å². The Kier molecular flexibility index (Phi) is 7.32. The Bertz CT molecular complexity index is 685. The highest BCUT2D eigenvalue weighted by atomic mass is 32.2. The minimum absolute atomic E-state index is 0.0437. The van der Waals surface area contributed by atoms with Crippen molar-refractivity contribution in [1.29, 1.82) is 0 Å².